The number of carbonyl (C=O) groups is 1. The summed E-state index contributed by atoms with van der Waals surface area (Å²) in [5.41, 5.74) is 0.220. The Bertz CT molecular complexity index is 818. The van der Waals surface area contributed by atoms with E-state index >= 15 is 0 Å². The van der Waals surface area contributed by atoms with Gasteiger partial charge < -0.3 is 5.32 Å². The van der Waals surface area contributed by atoms with Crippen molar-refractivity contribution in [3.05, 3.63) is 17.8 Å². The Kier molecular flexibility index (Phi) is 4.13. The van der Waals surface area contributed by atoms with Crippen molar-refractivity contribution in [1.29, 1.82) is 0 Å². The first-order chi connectivity index (χ1) is 10.4. The molecule has 1 fully saturated rings. The molecule has 0 aliphatic carbocycles. The molecule has 1 saturated heterocycles. The Hall–Kier alpha value is -1.19. The molecule has 1 atom stereocenters. The van der Waals surface area contributed by atoms with E-state index in [4.69, 9.17) is 0 Å². The first kappa shape index (κ1) is 15.7. The van der Waals surface area contributed by atoms with Gasteiger partial charge in [-0.15, -0.1) is 11.3 Å². The quantitative estimate of drug-likeness (QED) is 0.658. The number of amides is 1. The van der Waals surface area contributed by atoms with Crippen molar-refractivity contribution in [3.63, 3.8) is 0 Å². The summed E-state index contributed by atoms with van der Waals surface area (Å²) in [5.74, 6) is 0.185. The standard InChI is InChI=1S/C13H15N3O3S3/c1-13(3-5-22(18,19)7-13)16-10(17)6-21-12-11-9(2-4-20-11)14-8-15-12/h2,4,8H,3,5-7H2,1H3,(H,16,17). The molecule has 1 amide bonds. The fourth-order valence-electron chi connectivity index (χ4n) is 2.48. The van der Waals surface area contributed by atoms with Crippen LogP contribution in [0.3, 0.4) is 0 Å². The summed E-state index contributed by atoms with van der Waals surface area (Å²) >= 11 is 2.88. The largest absolute Gasteiger partial charge is 0.349 e. The van der Waals surface area contributed by atoms with E-state index in [0.717, 1.165) is 15.2 Å². The zero-order chi connectivity index (χ0) is 15.8. The predicted molar refractivity (Wildman–Crippen MR) is 88.0 cm³/mol. The van der Waals surface area contributed by atoms with E-state index < -0.39 is 15.4 Å². The maximum Gasteiger partial charge on any atom is 0.230 e. The van der Waals surface area contributed by atoms with Crippen molar-refractivity contribution >= 4 is 49.1 Å². The molecule has 118 valence electrons. The molecule has 1 N–H and O–H groups in total. The highest BCUT2D eigenvalue weighted by atomic mass is 32.2. The first-order valence-electron chi connectivity index (χ1n) is 6.69. The lowest BCUT2D eigenvalue weighted by molar-refractivity contribution is -0.120. The van der Waals surface area contributed by atoms with Crippen LogP contribution in [0, 0.1) is 0 Å². The van der Waals surface area contributed by atoms with Crippen molar-refractivity contribution in [2.45, 2.75) is 23.9 Å². The number of nitrogens with one attached hydrogen (secondary N) is 1. The van der Waals surface area contributed by atoms with E-state index in [-0.39, 0.29) is 23.2 Å². The van der Waals surface area contributed by atoms with Gasteiger partial charge in [0.1, 0.15) is 11.4 Å². The summed E-state index contributed by atoms with van der Waals surface area (Å²) in [7, 11) is -3.03. The number of nitrogens with zero attached hydrogens (tertiary/aromatic N) is 2. The van der Waals surface area contributed by atoms with E-state index in [9.17, 15) is 13.2 Å². The molecule has 9 heteroatoms. The average Bonchev–Trinajstić information content (AvgIpc) is 3.01. The number of rotatable bonds is 4. The second-order valence-corrected chi connectivity index (χ2v) is 9.62. The van der Waals surface area contributed by atoms with Gasteiger partial charge in [0.25, 0.3) is 0 Å². The smallest absolute Gasteiger partial charge is 0.230 e. The third kappa shape index (κ3) is 3.41. The Morgan fingerprint density at radius 2 is 2.32 bits per heavy atom. The molecular formula is C13H15N3O3S3. The molecule has 0 bridgehead atoms. The zero-order valence-corrected chi connectivity index (χ0v) is 14.4. The molecule has 0 spiro atoms. The van der Waals surface area contributed by atoms with Gasteiger partial charge >= 0.3 is 0 Å². The Labute approximate surface area is 136 Å². The van der Waals surface area contributed by atoms with E-state index in [1.165, 1.54) is 18.1 Å². The highest BCUT2D eigenvalue weighted by Gasteiger charge is 2.39. The third-order valence-electron chi connectivity index (χ3n) is 3.49. The first-order valence-corrected chi connectivity index (χ1v) is 10.4. The lowest BCUT2D eigenvalue weighted by Crippen LogP contribution is -2.47. The molecule has 3 rings (SSSR count). The molecule has 1 unspecified atom stereocenters. The summed E-state index contributed by atoms with van der Waals surface area (Å²) < 4.78 is 24.1. The maximum absolute atomic E-state index is 12.1. The molecule has 3 heterocycles. The van der Waals surface area contributed by atoms with Crippen molar-refractivity contribution in [3.8, 4) is 0 Å². The molecular weight excluding hydrogens is 342 g/mol. The number of hydrogen-bond acceptors (Lipinski definition) is 7. The number of hydrogen-bond donors (Lipinski definition) is 1. The van der Waals surface area contributed by atoms with Gasteiger partial charge in [0, 0.05) is 0 Å². The highest BCUT2D eigenvalue weighted by molar-refractivity contribution is 8.00. The summed E-state index contributed by atoms with van der Waals surface area (Å²) in [6, 6.07) is 1.91. The lowest BCUT2D eigenvalue weighted by atomic mass is 10.0. The molecule has 1 aliphatic rings. The SMILES string of the molecule is CC1(NC(=O)CSc2ncnc3ccsc23)CCS(=O)(=O)C1. The summed E-state index contributed by atoms with van der Waals surface area (Å²) in [6.45, 7) is 1.78. The minimum absolute atomic E-state index is 0.0130. The predicted octanol–water partition coefficient (Wildman–Crippen LogP) is 1.48. The van der Waals surface area contributed by atoms with E-state index in [2.05, 4.69) is 15.3 Å². The lowest BCUT2D eigenvalue weighted by Gasteiger charge is -2.23. The second kappa shape index (κ2) is 5.78. The van der Waals surface area contributed by atoms with Gasteiger partial charge in [0.2, 0.25) is 5.91 Å². The molecule has 22 heavy (non-hydrogen) atoms. The van der Waals surface area contributed by atoms with Crippen LogP contribution >= 0.6 is 23.1 Å². The Morgan fingerprint density at radius 1 is 1.50 bits per heavy atom. The normalized spacial score (nSPS) is 23.7. The second-order valence-electron chi connectivity index (χ2n) is 5.55. The summed E-state index contributed by atoms with van der Waals surface area (Å²) in [6.07, 6.45) is 1.95. The molecule has 1 aliphatic heterocycles. The van der Waals surface area contributed by atoms with Gasteiger partial charge in [-0.2, -0.15) is 0 Å². The summed E-state index contributed by atoms with van der Waals surface area (Å²) in [5, 5.41) is 5.56. The molecule has 6 nitrogen and oxygen atoms in total. The topological polar surface area (TPSA) is 89.0 Å². The van der Waals surface area contributed by atoms with Crippen LogP contribution in [0.15, 0.2) is 22.8 Å². The van der Waals surface area contributed by atoms with Crippen LogP contribution in [0.5, 0.6) is 0 Å². The summed E-state index contributed by atoms with van der Waals surface area (Å²) in [4.78, 5) is 20.5. The Balaban J connectivity index is 1.62. The van der Waals surface area contributed by atoms with E-state index in [0.29, 0.717) is 6.42 Å². The van der Waals surface area contributed by atoms with Crippen LogP contribution < -0.4 is 5.32 Å². The average molecular weight is 357 g/mol. The maximum atomic E-state index is 12.1. The molecule has 0 saturated carbocycles. The van der Waals surface area contributed by atoms with Gasteiger partial charge in [-0.3, -0.25) is 4.79 Å². The zero-order valence-electron chi connectivity index (χ0n) is 11.9. The third-order valence-corrected chi connectivity index (χ3v) is 7.43. The van der Waals surface area contributed by atoms with Crippen molar-refractivity contribution in [1.82, 2.24) is 15.3 Å². The van der Waals surface area contributed by atoms with Crippen LogP contribution in [-0.2, 0) is 14.6 Å². The van der Waals surface area contributed by atoms with Crippen molar-refractivity contribution < 1.29 is 13.2 Å². The molecule has 0 radical (unpaired) electrons. The minimum atomic E-state index is -3.03. The fraction of sp³-hybridized carbons (Fsp3) is 0.462. The minimum Gasteiger partial charge on any atom is -0.349 e. The van der Waals surface area contributed by atoms with Gasteiger partial charge in [0.05, 0.1) is 33.0 Å². The molecule has 0 aromatic carbocycles. The molecule has 2 aromatic rings. The van der Waals surface area contributed by atoms with Crippen LogP contribution in [-0.4, -0.2) is 47.1 Å². The monoisotopic (exact) mass is 357 g/mol. The van der Waals surface area contributed by atoms with E-state index in [1.807, 2.05) is 11.4 Å². The molecule has 2 aromatic heterocycles. The van der Waals surface area contributed by atoms with Crippen molar-refractivity contribution in [2.75, 3.05) is 17.3 Å². The van der Waals surface area contributed by atoms with Crippen molar-refractivity contribution in [2.24, 2.45) is 0 Å². The van der Waals surface area contributed by atoms with Crippen LogP contribution in [0.25, 0.3) is 10.2 Å². The number of fused-ring (bicyclic) bond motifs is 1. The van der Waals surface area contributed by atoms with Gasteiger partial charge in [-0.05, 0) is 24.8 Å². The fourth-order valence-corrected chi connectivity index (χ4v) is 6.32. The van der Waals surface area contributed by atoms with Gasteiger partial charge in [-0.1, -0.05) is 11.8 Å². The number of aromatic nitrogens is 2. The number of sulfone groups is 1. The Morgan fingerprint density at radius 3 is 3.05 bits per heavy atom. The van der Waals surface area contributed by atoms with E-state index in [1.54, 1.807) is 18.3 Å². The van der Waals surface area contributed by atoms with Crippen LogP contribution in [0.2, 0.25) is 0 Å². The highest BCUT2D eigenvalue weighted by Crippen LogP contribution is 2.29. The van der Waals surface area contributed by atoms with Gasteiger partial charge in [-0.25, -0.2) is 18.4 Å². The van der Waals surface area contributed by atoms with Gasteiger partial charge in [0.15, 0.2) is 9.84 Å². The number of carbonyl (C=O) groups excluding carboxylic acids is 1. The van der Waals surface area contributed by atoms with Crippen LogP contribution in [0.1, 0.15) is 13.3 Å². The number of thiophene rings is 1. The van der Waals surface area contributed by atoms with Crippen LogP contribution in [0.4, 0.5) is 0 Å². The number of thioether (sulfide) groups is 1.